The van der Waals surface area contributed by atoms with Gasteiger partial charge in [-0.1, -0.05) is 11.6 Å². The largest absolute Gasteiger partial charge is 0.494 e. The van der Waals surface area contributed by atoms with Crippen molar-refractivity contribution in [2.24, 2.45) is 0 Å². The van der Waals surface area contributed by atoms with Crippen LogP contribution in [0.2, 0.25) is 5.02 Å². The molecule has 0 aliphatic carbocycles. The summed E-state index contributed by atoms with van der Waals surface area (Å²) in [7, 11) is 2.99. The number of aromatic nitrogens is 3. The fraction of sp³-hybridized carbons (Fsp3) is 0.250. The van der Waals surface area contributed by atoms with Crippen LogP contribution in [-0.4, -0.2) is 40.3 Å². The van der Waals surface area contributed by atoms with Gasteiger partial charge < -0.3 is 19.3 Å². The number of pyridine rings is 1. The summed E-state index contributed by atoms with van der Waals surface area (Å²) < 4.78 is 30.2. The van der Waals surface area contributed by atoms with Crippen molar-refractivity contribution >= 4 is 17.4 Å². The Labute approximate surface area is 224 Å². The van der Waals surface area contributed by atoms with Crippen LogP contribution >= 0.6 is 11.6 Å². The summed E-state index contributed by atoms with van der Waals surface area (Å²) in [6.45, 7) is 1.86. The molecule has 4 aromatic rings. The fourth-order valence-electron chi connectivity index (χ4n) is 3.87. The molecular weight excluding hydrogens is 513 g/mol. The Hall–Kier alpha value is -3.95. The van der Waals surface area contributed by atoms with E-state index >= 15 is 0 Å². The topological polar surface area (TPSA) is 107 Å². The molecule has 2 aromatic carbocycles. The lowest BCUT2D eigenvalue weighted by Gasteiger charge is -2.24. The second-order valence-corrected chi connectivity index (χ2v) is 9.22. The lowest BCUT2D eigenvalue weighted by atomic mass is 9.92. The van der Waals surface area contributed by atoms with Gasteiger partial charge in [-0.2, -0.15) is 5.10 Å². The number of nitrogens with one attached hydrogen (secondary N) is 1. The number of ketones is 1. The van der Waals surface area contributed by atoms with E-state index in [2.05, 4.69) is 15.2 Å². The minimum absolute atomic E-state index is 0.0515. The van der Waals surface area contributed by atoms with Crippen molar-refractivity contribution < 1.29 is 28.5 Å². The summed E-state index contributed by atoms with van der Waals surface area (Å²) in [4.78, 5) is 17.6. The highest BCUT2D eigenvalue weighted by Crippen LogP contribution is 2.35. The average Bonchev–Trinajstić information content (AvgIpc) is 3.45. The number of nitrogens with zero attached hydrogens (tertiary/aromatic N) is 2. The SMILES string of the molecule is COc1cc(C(=O)CCC(C)(O)c2ccc(OC)c(-c3ccc(F)c(Cl)c3)n2)ccc1OCc1ccn[nH]1. The highest BCUT2D eigenvalue weighted by Gasteiger charge is 2.28. The Morgan fingerprint density at radius 3 is 2.50 bits per heavy atom. The minimum atomic E-state index is -1.43. The van der Waals surface area contributed by atoms with Gasteiger partial charge in [-0.05, 0) is 67.9 Å². The van der Waals surface area contributed by atoms with E-state index in [0.717, 1.165) is 5.69 Å². The predicted molar refractivity (Wildman–Crippen MR) is 140 cm³/mol. The summed E-state index contributed by atoms with van der Waals surface area (Å²) in [5.41, 5.74) is 1.06. The standard InChI is InChI=1S/C28H27ClFN3O5/c1-28(35,26-9-8-24(36-2)27(32-26)18-4-6-21(30)20(29)14-18)12-10-22(34)17-5-7-23(25(15-17)37-3)38-16-19-11-13-31-33-19/h4-9,11,13-15,35H,10,12,16H2,1-3H3,(H,31,33). The minimum Gasteiger partial charge on any atom is -0.494 e. The van der Waals surface area contributed by atoms with E-state index in [-0.39, 0.29) is 30.3 Å². The molecule has 0 radical (unpaired) electrons. The molecule has 0 bridgehead atoms. The maximum Gasteiger partial charge on any atom is 0.163 e. The van der Waals surface area contributed by atoms with E-state index in [9.17, 15) is 14.3 Å². The van der Waals surface area contributed by atoms with Crippen molar-refractivity contribution in [1.82, 2.24) is 15.2 Å². The first-order valence-corrected chi connectivity index (χ1v) is 12.1. The number of Topliss-reactive ketones (excluding diaryl/α,β-unsaturated/α-hetero) is 1. The molecule has 0 saturated carbocycles. The Balaban J connectivity index is 1.48. The van der Waals surface area contributed by atoms with Crippen LogP contribution in [0.4, 0.5) is 4.39 Å². The van der Waals surface area contributed by atoms with Gasteiger partial charge in [0.25, 0.3) is 0 Å². The second kappa shape index (κ2) is 11.6. The summed E-state index contributed by atoms with van der Waals surface area (Å²) in [5, 5.41) is 17.9. The van der Waals surface area contributed by atoms with E-state index < -0.39 is 11.4 Å². The molecule has 4 rings (SSSR count). The third-order valence-corrected chi connectivity index (χ3v) is 6.38. The molecule has 0 amide bonds. The van der Waals surface area contributed by atoms with Crippen LogP contribution in [0.5, 0.6) is 17.2 Å². The van der Waals surface area contributed by atoms with Crippen molar-refractivity contribution in [2.75, 3.05) is 14.2 Å². The van der Waals surface area contributed by atoms with Crippen molar-refractivity contribution in [3.63, 3.8) is 0 Å². The molecule has 0 saturated heterocycles. The number of aromatic amines is 1. The van der Waals surface area contributed by atoms with Gasteiger partial charge in [0.2, 0.25) is 0 Å². The van der Waals surface area contributed by atoms with Crippen molar-refractivity contribution in [2.45, 2.75) is 32.0 Å². The number of hydrogen-bond acceptors (Lipinski definition) is 7. The molecule has 2 N–H and O–H groups in total. The molecule has 2 heterocycles. The highest BCUT2D eigenvalue weighted by atomic mass is 35.5. The lowest BCUT2D eigenvalue weighted by Crippen LogP contribution is -2.24. The molecule has 0 aliphatic heterocycles. The normalized spacial score (nSPS) is 12.6. The monoisotopic (exact) mass is 539 g/mol. The zero-order valence-electron chi connectivity index (χ0n) is 21.1. The Kier molecular flexibility index (Phi) is 8.29. The van der Waals surface area contributed by atoms with Gasteiger partial charge in [-0.3, -0.25) is 9.89 Å². The van der Waals surface area contributed by atoms with Crippen LogP contribution < -0.4 is 14.2 Å². The maximum atomic E-state index is 13.7. The zero-order chi connectivity index (χ0) is 27.3. The van der Waals surface area contributed by atoms with Crippen LogP contribution in [0.3, 0.4) is 0 Å². The molecule has 0 spiro atoms. The number of carbonyl (C=O) groups excluding carboxylic acids is 1. The van der Waals surface area contributed by atoms with Gasteiger partial charge in [0, 0.05) is 23.7 Å². The molecule has 10 heteroatoms. The fourth-order valence-corrected chi connectivity index (χ4v) is 4.05. The first kappa shape index (κ1) is 27.1. The van der Waals surface area contributed by atoms with Crippen LogP contribution in [0.15, 0.2) is 60.8 Å². The van der Waals surface area contributed by atoms with Crippen molar-refractivity contribution in [3.05, 3.63) is 88.6 Å². The van der Waals surface area contributed by atoms with E-state index in [1.54, 1.807) is 49.5 Å². The molecule has 1 atom stereocenters. The Morgan fingerprint density at radius 1 is 1.05 bits per heavy atom. The Bertz CT molecular complexity index is 1430. The summed E-state index contributed by atoms with van der Waals surface area (Å²) >= 11 is 5.95. The van der Waals surface area contributed by atoms with Crippen LogP contribution in [0.25, 0.3) is 11.3 Å². The molecule has 1 unspecified atom stereocenters. The Morgan fingerprint density at radius 2 is 1.82 bits per heavy atom. The van der Waals surface area contributed by atoms with Crippen molar-refractivity contribution in [1.29, 1.82) is 0 Å². The quantitative estimate of drug-likeness (QED) is 0.234. The smallest absolute Gasteiger partial charge is 0.163 e. The number of halogens is 2. The third-order valence-electron chi connectivity index (χ3n) is 6.09. The third kappa shape index (κ3) is 6.12. The second-order valence-electron chi connectivity index (χ2n) is 8.81. The first-order chi connectivity index (χ1) is 18.2. The van der Waals surface area contributed by atoms with Crippen molar-refractivity contribution in [3.8, 4) is 28.5 Å². The van der Waals surface area contributed by atoms with Gasteiger partial charge in [0.1, 0.15) is 29.5 Å². The molecule has 38 heavy (non-hydrogen) atoms. The first-order valence-electron chi connectivity index (χ1n) is 11.8. The number of rotatable bonds is 11. The van der Waals surface area contributed by atoms with E-state index in [4.69, 9.17) is 25.8 Å². The van der Waals surface area contributed by atoms with Gasteiger partial charge in [0.05, 0.1) is 30.6 Å². The number of carbonyl (C=O) groups is 1. The van der Waals surface area contributed by atoms with E-state index in [1.807, 2.05) is 0 Å². The molecule has 8 nitrogen and oxygen atoms in total. The molecule has 198 valence electrons. The zero-order valence-corrected chi connectivity index (χ0v) is 21.9. The number of methoxy groups -OCH3 is 2. The van der Waals surface area contributed by atoms with Crippen LogP contribution in [0, 0.1) is 5.82 Å². The maximum absolute atomic E-state index is 13.7. The van der Waals surface area contributed by atoms with Crippen LogP contribution in [0.1, 0.15) is 41.5 Å². The molecule has 0 aliphatic rings. The molecular formula is C28H27ClFN3O5. The average molecular weight is 540 g/mol. The van der Waals surface area contributed by atoms with Gasteiger partial charge >= 0.3 is 0 Å². The number of aliphatic hydroxyl groups is 1. The molecule has 2 aromatic heterocycles. The molecule has 0 fully saturated rings. The number of benzene rings is 2. The van der Waals surface area contributed by atoms with Gasteiger partial charge in [0.15, 0.2) is 17.3 Å². The van der Waals surface area contributed by atoms with E-state index in [1.165, 1.54) is 32.4 Å². The summed E-state index contributed by atoms with van der Waals surface area (Å²) in [5.74, 6) is 0.612. The predicted octanol–water partition coefficient (Wildman–Crippen LogP) is 5.73. The summed E-state index contributed by atoms with van der Waals surface area (Å²) in [6, 6.07) is 14.3. The lowest BCUT2D eigenvalue weighted by molar-refractivity contribution is 0.0397. The number of ether oxygens (including phenoxy) is 3. The number of hydrogen-bond donors (Lipinski definition) is 2. The van der Waals surface area contributed by atoms with Crippen LogP contribution in [-0.2, 0) is 12.2 Å². The van der Waals surface area contributed by atoms with Gasteiger partial charge in [-0.25, -0.2) is 9.37 Å². The van der Waals surface area contributed by atoms with Gasteiger partial charge in [-0.15, -0.1) is 0 Å². The number of H-pyrrole nitrogens is 1. The summed E-state index contributed by atoms with van der Waals surface area (Å²) in [6.07, 6.45) is 1.79. The van der Waals surface area contributed by atoms with E-state index in [0.29, 0.717) is 39.8 Å². The highest BCUT2D eigenvalue weighted by molar-refractivity contribution is 6.31.